The van der Waals surface area contributed by atoms with Crippen LogP contribution in [-0.4, -0.2) is 41.6 Å². The maximum absolute atomic E-state index is 5.89. The average molecular weight is 290 g/mol. The molecule has 2 aliphatic rings. The van der Waals surface area contributed by atoms with Gasteiger partial charge in [0.05, 0.1) is 12.2 Å². The quantitative estimate of drug-likeness (QED) is 0.741. The molecule has 0 radical (unpaired) electrons. The number of piperidine rings is 1. The maximum Gasteiger partial charge on any atom is 0.0706 e. The lowest BCUT2D eigenvalue weighted by atomic mass is 9.94. The molecule has 2 nitrogen and oxygen atoms in total. The summed E-state index contributed by atoms with van der Waals surface area (Å²) in [6.07, 6.45) is 6.19. The van der Waals surface area contributed by atoms with Gasteiger partial charge in [0.1, 0.15) is 0 Å². The summed E-state index contributed by atoms with van der Waals surface area (Å²) in [5.41, 5.74) is 0. The maximum atomic E-state index is 5.89. The molecule has 2 heterocycles. The van der Waals surface area contributed by atoms with Crippen molar-refractivity contribution < 1.29 is 4.74 Å². The van der Waals surface area contributed by atoms with E-state index in [1.54, 1.807) is 0 Å². The van der Waals surface area contributed by atoms with Gasteiger partial charge < -0.3 is 9.64 Å². The van der Waals surface area contributed by atoms with Crippen LogP contribution in [0, 0.1) is 5.92 Å². The zero-order valence-corrected chi connectivity index (χ0v) is 12.1. The van der Waals surface area contributed by atoms with Crippen LogP contribution in [0.15, 0.2) is 0 Å². The Balaban J connectivity index is 1.69. The smallest absolute Gasteiger partial charge is 0.0706 e. The van der Waals surface area contributed by atoms with E-state index in [0.29, 0.717) is 17.0 Å². The van der Waals surface area contributed by atoms with Crippen molar-refractivity contribution in [2.45, 2.75) is 56.6 Å². The van der Waals surface area contributed by atoms with Crippen LogP contribution in [0.1, 0.15) is 39.5 Å². The van der Waals surface area contributed by atoms with Crippen LogP contribution in [0.3, 0.4) is 0 Å². The second-order valence-electron chi connectivity index (χ2n) is 5.46. The Bertz CT molecular complexity index is 214. The number of likely N-dealkylation sites (tertiary alicyclic amines) is 1. The SMILES string of the molecule is CC1CCC(CN2CCC(C(C)Br)CC2)O1. The number of hydrogen-bond acceptors (Lipinski definition) is 2. The molecular formula is C13H24BrNO. The third kappa shape index (κ3) is 3.44. The van der Waals surface area contributed by atoms with E-state index in [4.69, 9.17) is 4.74 Å². The van der Waals surface area contributed by atoms with Crippen LogP contribution < -0.4 is 0 Å². The van der Waals surface area contributed by atoms with E-state index >= 15 is 0 Å². The minimum atomic E-state index is 0.491. The molecule has 0 aromatic rings. The van der Waals surface area contributed by atoms with Gasteiger partial charge in [-0.3, -0.25) is 0 Å². The van der Waals surface area contributed by atoms with Crippen molar-refractivity contribution in [3.63, 3.8) is 0 Å². The highest BCUT2D eigenvalue weighted by Gasteiger charge is 2.27. The largest absolute Gasteiger partial charge is 0.374 e. The summed E-state index contributed by atoms with van der Waals surface area (Å²) in [5.74, 6) is 0.875. The van der Waals surface area contributed by atoms with Crippen molar-refractivity contribution in [1.29, 1.82) is 0 Å². The Labute approximate surface area is 108 Å². The zero-order valence-electron chi connectivity index (χ0n) is 10.5. The van der Waals surface area contributed by atoms with Crippen molar-refractivity contribution in [3.8, 4) is 0 Å². The molecule has 3 atom stereocenters. The fourth-order valence-corrected chi connectivity index (χ4v) is 3.43. The fourth-order valence-electron chi connectivity index (χ4n) is 2.90. The monoisotopic (exact) mass is 289 g/mol. The molecule has 2 aliphatic heterocycles. The van der Waals surface area contributed by atoms with Gasteiger partial charge in [-0.05, 0) is 51.6 Å². The van der Waals surface area contributed by atoms with Gasteiger partial charge in [0.2, 0.25) is 0 Å². The van der Waals surface area contributed by atoms with E-state index in [1.165, 1.54) is 38.8 Å². The van der Waals surface area contributed by atoms with Crippen molar-refractivity contribution >= 4 is 15.9 Å². The minimum absolute atomic E-state index is 0.491. The molecule has 0 amide bonds. The van der Waals surface area contributed by atoms with Gasteiger partial charge in [0, 0.05) is 11.4 Å². The Hall–Kier alpha value is 0.400. The molecule has 2 rings (SSSR count). The second kappa shape index (κ2) is 5.83. The first-order valence-electron chi connectivity index (χ1n) is 6.67. The first-order valence-corrected chi connectivity index (χ1v) is 7.58. The summed E-state index contributed by atoms with van der Waals surface area (Å²) in [6.45, 7) is 8.15. The summed E-state index contributed by atoms with van der Waals surface area (Å²) >= 11 is 3.71. The average Bonchev–Trinajstić information content (AvgIpc) is 2.65. The molecule has 0 N–H and O–H groups in total. The zero-order chi connectivity index (χ0) is 11.5. The fraction of sp³-hybridized carbons (Fsp3) is 1.00. The predicted molar refractivity (Wildman–Crippen MR) is 71.1 cm³/mol. The normalized spacial score (nSPS) is 35.4. The summed E-state index contributed by atoms with van der Waals surface area (Å²) in [5, 5.41) is 0. The van der Waals surface area contributed by atoms with Crippen LogP contribution in [-0.2, 0) is 4.74 Å². The van der Waals surface area contributed by atoms with Gasteiger partial charge in [0.15, 0.2) is 0 Å². The number of halogens is 1. The molecule has 0 spiro atoms. The lowest BCUT2D eigenvalue weighted by Crippen LogP contribution is -2.40. The summed E-state index contributed by atoms with van der Waals surface area (Å²) in [4.78, 5) is 3.27. The standard InChI is InChI=1S/C13H24BrNO/c1-10-3-4-13(16-10)9-15-7-5-12(6-8-15)11(2)14/h10-13H,3-9H2,1-2H3. The number of nitrogens with zero attached hydrogens (tertiary/aromatic N) is 1. The number of hydrogen-bond donors (Lipinski definition) is 0. The lowest BCUT2D eigenvalue weighted by molar-refractivity contribution is 0.0240. The van der Waals surface area contributed by atoms with E-state index in [2.05, 4.69) is 34.7 Å². The van der Waals surface area contributed by atoms with Crippen molar-refractivity contribution in [3.05, 3.63) is 0 Å². The van der Waals surface area contributed by atoms with Gasteiger partial charge in [-0.25, -0.2) is 0 Å². The van der Waals surface area contributed by atoms with Crippen molar-refractivity contribution in [2.24, 2.45) is 5.92 Å². The molecule has 0 aliphatic carbocycles. The van der Waals surface area contributed by atoms with E-state index in [0.717, 1.165) is 12.5 Å². The van der Waals surface area contributed by atoms with E-state index in [-0.39, 0.29) is 0 Å². The number of ether oxygens (including phenoxy) is 1. The minimum Gasteiger partial charge on any atom is -0.374 e. The highest BCUT2D eigenvalue weighted by molar-refractivity contribution is 9.09. The molecule has 16 heavy (non-hydrogen) atoms. The number of alkyl halides is 1. The molecule has 2 saturated heterocycles. The summed E-state index contributed by atoms with van der Waals surface area (Å²) < 4.78 is 5.89. The topological polar surface area (TPSA) is 12.5 Å². The molecule has 0 aromatic carbocycles. The van der Waals surface area contributed by atoms with Gasteiger partial charge in [-0.15, -0.1) is 0 Å². The Morgan fingerprint density at radius 3 is 2.44 bits per heavy atom. The lowest BCUT2D eigenvalue weighted by Gasteiger charge is -2.34. The number of rotatable bonds is 3. The van der Waals surface area contributed by atoms with Crippen LogP contribution in [0.2, 0.25) is 0 Å². The van der Waals surface area contributed by atoms with Crippen LogP contribution in [0.5, 0.6) is 0 Å². The van der Waals surface area contributed by atoms with Gasteiger partial charge in [-0.1, -0.05) is 22.9 Å². The highest BCUT2D eigenvalue weighted by atomic mass is 79.9. The van der Waals surface area contributed by atoms with Crippen LogP contribution in [0.25, 0.3) is 0 Å². The first-order chi connectivity index (χ1) is 7.65. The molecule has 0 saturated carbocycles. The third-order valence-electron chi connectivity index (χ3n) is 4.06. The molecular weight excluding hydrogens is 266 g/mol. The van der Waals surface area contributed by atoms with Gasteiger partial charge >= 0.3 is 0 Å². The third-order valence-corrected chi connectivity index (χ3v) is 4.81. The van der Waals surface area contributed by atoms with Crippen molar-refractivity contribution in [1.82, 2.24) is 4.90 Å². The molecule has 3 unspecified atom stereocenters. The van der Waals surface area contributed by atoms with E-state index < -0.39 is 0 Å². The Kier molecular flexibility index (Phi) is 4.68. The molecule has 3 heteroatoms. The molecule has 0 bridgehead atoms. The van der Waals surface area contributed by atoms with Crippen LogP contribution >= 0.6 is 15.9 Å². The van der Waals surface area contributed by atoms with Gasteiger partial charge in [0.25, 0.3) is 0 Å². The van der Waals surface area contributed by atoms with Crippen LogP contribution in [0.4, 0.5) is 0 Å². The van der Waals surface area contributed by atoms with Crippen molar-refractivity contribution in [2.75, 3.05) is 19.6 Å². The van der Waals surface area contributed by atoms with E-state index in [9.17, 15) is 0 Å². The molecule has 2 fully saturated rings. The first kappa shape index (κ1) is 12.8. The Morgan fingerprint density at radius 1 is 1.25 bits per heavy atom. The predicted octanol–water partition coefficient (Wildman–Crippen LogP) is 3.05. The molecule has 94 valence electrons. The second-order valence-corrected chi connectivity index (χ2v) is 6.91. The highest BCUT2D eigenvalue weighted by Crippen LogP contribution is 2.26. The van der Waals surface area contributed by atoms with Gasteiger partial charge in [-0.2, -0.15) is 0 Å². The van der Waals surface area contributed by atoms with E-state index in [1.807, 2.05) is 0 Å². The summed E-state index contributed by atoms with van der Waals surface area (Å²) in [6, 6.07) is 0. The molecule has 0 aromatic heterocycles. The Morgan fingerprint density at radius 2 is 1.94 bits per heavy atom. The summed E-state index contributed by atoms with van der Waals surface area (Å²) in [7, 11) is 0.